The molecule has 0 aliphatic heterocycles. The summed E-state index contributed by atoms with van der Waals surface area (Å²) in [5.74, 6) is 0.00627. The SMILES string of the molecule is CSc1ccccc1-c1nc2cc(C(F)(F)F)ccc2c(=O)o1. The molecule has 0 N–H and O–H groups in total. The van der Waals surface area contributed by atoms with Gasteiger partial charge >= 0.3 is 11.8 Å². The number of hydrogen-bond acceptors (Lipinski definition) is 4. The average molecular weight is 337 g/mol. The first-order chi connectivity index (χ1) is 10.9. The number of fused-ring (bicyclic) bond motifs is 1. The van der Waals surface area contributed by atoms with Gasteiger partial charge in [-0.2, -0.15) is 13.2 Å². The van der Waals surface area contributed by atoms with Crippen LogP contribution < -0.4 is 5.63 Å². The van der Waals surface area contributed by atoms with Crippen LogP contribution in [-0.4, -0.2) is 11.2 Å². The van der Waals surface area contributed by atoms with Gasteiger partial charge in [0, 0.05) is 4.90 Å². The molecule has 0 bridgehead atoms. The van der Waals surface area contributed by atoms with Crippen molar-refractivity contribution in [3.63, 3.8) is 0 Å². The molecule has 1 aromatic heterocycles. The highest BCUT2D eigenvalue weighted by molar-refractivity contribution is 7.98. The lowest BCUT2D eigenvalue weighted by Crippen LogP contribution is -2.08. The number of hydrogen-bond donors (Lipinski definition) is 0. The topological polar surface area (TPSA) is 43.1 Å². The van der Waals surface area contributed by atoms with Gasteiger partial charge in [-0.1, -0.05) is 12.1 Å². The van der Waals surface area contributed by atoms with E-state index in [1.807, 2.05) is 18.4 Å². The van der Waals surface area contributed by atoms with E-state index in [-0.39, 0.29) is 16.8 Å². The normalized spacial score (nSPS) is 11.8. The van der Waals surface area contributed by atoms with Gasteiger partial charge in [-0.25, -0.2) is 9.78 Å². The van der Waals surface area contributed by atoms with Crippen LogP contribution in [0.15, 0.2) is 56.6 Å². The molecule has 2 aromatic carbocycles. The van der Waals surface area contributed by atoms with Crippen LogP contribution in [0.3, 0.4) is 0 Å². The summed E-state index contributed by atoms with van der Waals surface area (Å²) in [6.45, 7) is 0. The number of nitrogens with zero attached hydrogens (tertiary/aromatic N) is 1. The largest absolute Gasteiger partial charge is 0.416 e. The number of rotatable bonds is 2. The number of benzene rings is 2. The highest BCUT2D eigenvalue weighted by Gasteiger charge is 2.31. The first kappa shape index (κ1) is 15.6. The van der Waals surface area contributed by atoms with E-state index in [1.165, 1.54) is 11.8 Å². The molecule has 0 fully saturated rings. The summed E-state index contributed by atoms with van der Waals surface area (Å²) in [5, 5.41) is 0.0170. The quantitative estimate of drug-likeness (QED) is 0.641. The molecule has 23 heavy (non-hydrogen) atoms. The highest BCUT2D eigenvalue weighted by Crippen LogP contribution is 2.32. The Labute approximate surface area is 133 Å². The molecule has 0 amide bonds. The van der Waals surface area contributed by atoms with Crippen LogP contribution in [0.5, 0.6) is 0 Å². The van der Waals surface area contributed by atoms with Crippen molar-refractivity contribution in [2.45, 2.75) is 11.1 Å². The summed E-state index contributed by atoms with van der Waals surface area (Å²) < 4.78 is 43.7. The Hall–Kier alpha value is -2.28. The summed E-state index contributed by atoms with van der Waals surface area (Å²) in [6, 6.07) is 9.87. The maximum absolute atomic E-state index is 12.8. The third kappa shape index (κ3) is 2.96. The Morgan fingerprint density at radius 1 is 1.13 bits per heavy atom. The second-order valence-electron chi connectivity index (χ2n) is 4.74. The summed E-state index contributed by atoms with van der Waals surface area (Å²) in [6.07, 6.45) is -2.65. The summed E-state index contributed by atoms with van der Waals surface area (Å²) in [5.41, 5.74) is -1.04. The van der Waals surface area contributed by atoms with E-state index in [1.54, 1.807) is 12.1 Å². The third-order valence-corrected chi connectivity index (χ3v) is 4.09. The Morgan fingerprint density at radius 3 is 2.57 bits per heavy atom. The first-order valence-electron chi connectivity index (χ1n) is 6.55. The van der Waals surface area contributed by atoms with Crippen LogP contribution in [0.4, 0.5) is 13.2 Å². The van der Waals surface area contributed by atoms with Crippen molar-refractivity contribution in [3.05, 3.63) is 58.4 Å². The molecule has 118 valence electrons. The Bertz CT molecular complexity index is 934. The maximum atomic E-state index is 12.8. The van der Waals surface area contributed by atoms with Crippen molar-refractivity contribution in [3.8, 4) is 11.5 Å². The minimum atomic E-state index is -4.50. The summed E-state index contributed by atoms with van der Waals surface area (Å²) >= 11 is 1.43. The molecule has 0 spiro atoms. The molecule has 1 heterocycles. The van der Waals surface area contributed by atoms with Gasteiger partial charge in [-0.3, -0.25) is 0 Å². The number of halogens is 3. The molecule has 0 saturated carbocycles. The first-order valence-corrected chi connectivity index (χ1v) is 7.78. The van der Waals surface area contributed by atoms with Gasteiger partial charge in [0.15, 0.2) is 0 Å². The lowest BCUT2D eigenvalue weighted by atomic mass is 10.1. The molecule has 0 saturated heterocycles. The predicted octanol–water partition coefficient (Wildman–Crippen LogP) is 4.60. The van der Waals surface area contributed by atoms with Crippen molar-refractivity contribution in [1.82, 2.24) is 4.98 Å². The van der Waals surface area contributed by atoms with E-state index in [0.29, 0.717) is 5.56 Å². The molecule has 0 unspecified atom stereocenters. The zero-order chi connectivity index (χ0) is 16.6. The summed E-state index contributed by atoms with van der Waals surface area (Å²) in [4.78, 5) is 17.0. The summed E-state index contributed by atoms with van der Waals surface area (Å²) in [7, 11) is 0. The van der Waals surface area contributed by atoms with Gasteiger partial charge in [-0.15, -0.1) is 11.8 Å². The van der Waals surface area contributed by atoms with E-state index >= 15 is 0 Å². The fourth-order valence-electron chi connectivity index (χ4n) is 2.18. The number of aromatic nitrogens is 1. The Morgan fingerprint density at radius 2 is 1.87 bits per heavy atom. The van der Waals surface area contributed by atoms with E-state index in [4.69, 9.17) is 4.42 Å². The van der Waals surface area contributed by atoms with E-state index in [0.717, 1.165) is 23.1 Å². The molecule has 0 aliphatic rings. The van der Waals surface area contributed by atoms with Gasteiger partial charge < -0.3 is 4.42 Å². The minimum absolute atomic E-state index is 0.00627. The molecule has 0 atom stereocenters. The maximum Gasteiger partial charge on any atom is 0.416 e. The zero-order valence-electron chi connectivity index (χ0n) is 11.8. The monoisotopic (exact) mass is 337 g/mol. The van der Waals surface area contributed by atoms with Crippen molar-refractivity contribution < 1.29 is 17.6 Å². The fourth-order valence-corrected chi connectivity index (χ4v) is 2.77. The molecule has 3 aromatic rings. The van der Waals surface area contributed by atoms with Gasteiger partial charge in [0.2, 0.25) is 5.89 Å². The third-order valence-electron chi connectivity index (χ3n) is 3.29. The molecule has 7 heteroatoms. The lowest BCUT2D eigenvalue weighted by molar-refractivity contribution is -0.137. The molecular weight excluding hydrogens is 327 g/mol. The van der Waals surface area contributed by atoms with Crippen LogP contribution in [0.1, 0.15) is 5.56 Å². The Kier molecular flexibility index (Phi) is 3.89. The minimum Gasteiger partial charge on any atom is -0.403 e. The number of thioether (sulfide) groups is 1. The van der Waals surface area contributed by atoms with E-state index in [9.17, 15) is 18.0 Å². The van der Waals surface area contributed by atoms with Crippen LogP contribution >= 0.6 is 11.8 Å². The standard InChI is InChI=1S/C16H10F3NO2S/c1-23-13-5-3-2-4-11(13)14-20-12-8-9(16(17,18)19)6-7-10(12)15(21)22-14/h2-8H,1H3. The van der Waals surface area contributed by atoms with Crippen LogP contribution in [0, 0.1) is 0 Å². The Balaban J connectivity index is 2.26. The molecule has 3 rings (SSSR count). The van der Waals surface area contributed by atoms with Crippen LogP contribution in [-0.2, 0) is 6.18 Å². The van der Waals surface area contributed by atoms with Crippen LogP contribution in [0.2, 0.25) is 0 Å². The van der Waals surface area contributed by atoms with E-state index in [2.05, 4.69) is 4.98 Å². The molecule has 0 aliphatic carbocycles. The van der Waals surface area contributed by atoms with E-state index < -0.39 is 17.4 Å². The second-order valence-corrected chi connectivity index (χ2v) is 5.58. The van der Waals surface area contributed by atoms with Gasteiger partial charge in [0.1, 0.15) is 0 Å². The number of alkyl halides is 3. The van der Waals surface area contributed by atoms with Crippen molar-refractivity contribution in [2.24, 2.45) is 0 Å². The van der Waals surface area contributed by atoms with Crippen molar-refractivity contribution in [1.29, 1.82) is 0 Å². The van der Waals surface area contributed by atoms with Gasteiger partial charge in [0.05, 0.1) is 22.0 Å². The fraction of sp³-hybridized carbons (Fsp3) is 0.125. The van der Waals surface area contributed by atoms with Crippen LogP contribution in [0.25, 0.3) is 22.4 Å². The predicted molar refractivity (Wildman–Crippen MR) is 82.5 cm³/mol. The highest BCUT2D eigenvalue weighted by atomic mass is 32.2. The molecular formula is C16H10F3NO2S. The molecule has 0 radical (unpaired) electrons. The van der Waals surface area contributed by atoms with Crippen molar-refractivity contribution >= 4 is 22.7 Å². The average Bonchev–Trinajstić information content (AvgIpc) is 2.53. The van der Waals surface area contributed by atoms with Gasteiger partial charge in [-0.05, 0) is 36.6 Å². The zero-order valence-corrected chi connectivity index (χ0v) is 12.7. The lowest BCUT2D eigenvalue weighted by Gasteiger charge is -2.08. The molecule has 3 nitrogen and oxygen atoms in total. The smallest absolute Gasteiger partial charge is 0.403 e. The van der Waals surface area contributed by atoms with Crippen molar-refractivity contribution in [2.75, 3.05) is 6.26 Å². The van der Waals surface area contributed by atoms with Gasteiger partial charge in [0.25, 0.3) is 0 Å². The second kappa shape index (κ2) is 5.73.